The van der Waals surface area contributed by atoms with Gasteiger partial charge in [-0.25, -0.2) is 8.42 Å². The minimum absolute atomic E-state index is 0.252. The van der Waals surface area contributed by atoms with Gasteiger partial charge in [-0.1, -0.05) is 0 Å². The van der Waals surface area contributed by atoms with Crippen LogP contribution in [-0.4, -0.2) is 13.0 Å². The highest BCUT2D eigenvalue weighted by molar-refractivity contribution is 8.13. The zero-order valence-electron chi connectivity index (χ0n) is 6.90. The van der Waals surface area contributed by atoms with E-state index in [4.69, 9.17) is 10.7 Å². The summed E-state index contributed by atoms with van der Waals surface area (Å²) in [5, 5.41) is 0. The standard InChI is InChI=1S/C7H8ClNO3S/c1-9-3-2-6(4-7(9)10)5-13(8,11)12/h2-4H,5H2,1H3. The van der Waals surface area contributed by atoms with Gasteiger partial charge in [0.15, 0.2) is 0 Å². The lowest BCUT2D eigenvalue weighted by molar-refractivity contribution is 0.609. The number of aryl methyl sites for hydroxylation is 1. The molecule has 0 spiro atoms. The second kappa shape index (κ2) is 3.51. The van der Waals surface area contributed by atoms with Crippen LogP contribution in [0.2, 0.25) is 0 Å². The van der Waals surface area contributed by atoms with E-state index in [9.17, 15) is 13.2 Å². The first kappa shape index (κ1) is 10.3. The van der Waals surface area contributed by atoms with Crippen molar-refractivity contribution < 1.29 is 8.42 Å². The minimum atomic E-state index is -3.58. The summed E-state index contributed by atoms with van der Waals surface area (Å²) in [6.45, 7) is 0. The molecule has 0 fully saturated rings. The molecule has 0 radical (unpaired) electrons. The monoisotopic (exact) mass is 221 g/mol. The SMILES string of the molecule is Cn1ccc(CS(=O)(=O)Cl)cc1=O. The molecule has 0 saturated heterocycles. The quantitative estimate of drug-likeness (QED) is 0.682. The van der Waals surface area contributed by atoms with Crippen LogP contribution in [0, 0.1) is 0 Å². The highest BCUT2D eigenvalue weighted by atomic mass is 35.7. The second-order valence-corrected chi connectivity index (χ2v) is 5.44. The summed E-state index contributed by atoms with van der Waals surface area (Å²) < 4.78 is 22.7. The number of nitrogens with zero attached hydrogens (tertiary/aromatic N) is 1. The van der Waals surface area contributed by atoms with Crippen molar-refractivity contribution in [1.29, 1.82) is 0 Å². The highest BCUT2D eigenvalue weighted by Gasteiger charge is 2.07. The Morgan fingerprint density at radius 3 is 2.62 bits per heavy atom. The summed E-state index contributed by atoms with van der Waals surface area (Å²) in [5.41, 5.74) is 0.149. The zero-order valence-corrected chi connectivity index (χ0v) is 8.47. The van der Waals surface area contributed by atoms with Gasteiger partial charge in [-0.3, -0.25) is 4.79 Å². The number of aromatic nitrogens is 1. The van der Waals surface area contributed by atoms with Crippen LogP contribution in [0.3, 0.4) is 0 Å². The lowest BCUT2D eigenvalue weighted by Gasteiger charge is -1.99. The van der Waals surface area contributed by atoms with Crippen molar-refractivity contribution >= 4 is 19.7 Å². The predicted molar refractivity (Wildman–Crippen MR) is 50.2 cm³/mol. The van der Waals surface area contributed by atoms with Gasteiger partial charge in [0.05, 0.1) is 5.75 Å². The molecule has 0 aliphatic carbocycles. The number of hydrogen-bond donors (Lipinski definition) is 0. The van der Waals surface area contributed by atoms with Gasteiger partial charge in [0, 0.05) is 30.0 Å². The van der Waals surface area contributed by atoms with Crippen LogP contribution < -0.4 is 5.56 Å². The van der Waals surface area contributed by atoms with Gasteiger partial charge in [0.2, 0.25) is 9.05 Å². The van der Waals surface area contributed by atoms with E-state index >= 15 is 0 Å². The molecule has 0 unspecified atom stereocenters. The molecule has 0 aliphatic rings. The Morgan fingerprint density at radius 2 is 2.15 bits per heavy atom. The lowest BCUT2D eigenvalue weighted by atomic mass is 10.3. The maximum absolute atomic E-state index is 11.1. The molecule has 0 aliphatic heterocycles. The van der Waals surface area contributed by atoms with E-state index in [1.54, 1.807) is 13.1 Å². The molecule has 0 N–H and O–H groups in total. The van der Waals surface area contributed by atoms with Crippen molar-refractivity contribution in [2.45, 2.75) is 5.75 Å². The van der Waals surface area contributed by atoms with Gasteiger partial charge >= 0.3 is 0 Å². The minimum Gasteiger partial charge on any atom is -0.319 e. The molecular weight excluding hydrogens is 214 g/mol. The first-order valence-corrected chi connectivity index (χ1v) is 5.94. The predicted octanol–water partition coefficient (Wildman–Crippen LogP) is 0.454. The second-order valence-electron chi connectivity index (χ2n) is 2.67. The summed E-state index contributed by atoms with van der Waals surface area (Å²) in [7, 11) is 3.03. The Morgan fingerprint density at radius 1 is 1.54 bits per heavy atom. The Balaban J connectivity index is 3.06. The van der Waals surface area contributed by atoms with Crippen molar-refractivity contribution in [3.8, 4) is 0 Å². The van der Waals surface area contributed by atoms with Crippen LogP contribution in [-0.2, 0) is 21.9 Å². The first-order valence-electron chi connectivity index (χ1n) is 3.46. The van der Waals surface area contributed by atoms with Crippen LogP contribution in [0.1, 0.15) is 5.56 Å². The van der Waals surface area contributed by atoms with Gasteiger partial charge in [0.1, 0.15) is 0 Å². The number of pyridine rings is 1. The van der Waals surface area contributed by atoms with E-state index < -0.39 is 9.05 Å². The third kappa shape index (κ3) is 3.20. The van der Waals surface area contributed by atoms with Gasteiger partial charge in [-0.15, -0.1) is 0 Å². The maximum atomic E-state index is 11.1. The number of halogens is 1. The fraction of sp³-hybridized carbons (Fsp3) is 0.286. The molecule has 1 aromatic heterocycles. The molecule has 4 nitrogen and oxygen atoms in total. The molecule has 72 valence electrons. The smallest absolute Gasteiger partial charge is 0.250 e. The van der Waals surface area contributed by atoms with Gasteiger partial charge in [0.25, 0.3) is 5.56 Å². The van der Waals surface area contributed by atoms with Crippen molar-refractivity contribution in [2.75, 3.05) is 0 Å². The van der Waals surface area contributed by atoms with E-state index in [1.807, 2.05) is 0 Å². The van der Waals surface area contributed by atoms with E-state index in [-0.39, 0.29) is 11.3 Å². The van der Waals surface area contributed by atoms with Crippen molar-refractivity contribution in [2.24, 2.45) is 7.05 Å². The molecular formula is C7H8ClNO3S. The van der Waals surface area contributed by atoms with Crippen LogP contribution in [0.15, 0.2) is 23.1 Å². The summed E-state index contributed by atoms with van der Waals surface area (Å²) in [6, 6.07) is 2.79. The highest BCUT2D eigenvalue weighted by Crippen LogP contribution is 2.06. The Hall–Kier alpha value is -0.810. The summed E-state index contributed by atoms with van der Waals surface area (Å²) in [6.07, 6.45) is 1.50. The molecule has 1 rings (SSSR count). The van der Waals surface area contributed by atoms with E-state index in [2.05, 4.69) is 0 Å². The van der Waals surface area contributed by atoms with E-state index in [0.717, 1.165) is 0 Å². The lowest BCUT2D eigenvalue weighted by Crippen LogP contribution is -2.15. The molecule has 1 aromatic rings. The Kier molecular flexibility index (Phi) is 2.77. The van der Waals surface area contributed by atoms with Gasteiger partial charge in [-0.05, 0) is 11.6 Å². The molecule has 0 amide bonds. The van der Waals surface area contributed by atoms with Crippen LogP contribution >= 0.6 is 10.7 Å². The number of rotatable bonds is 2. The molecule has 0 atom stereocenters. The van der Waals surface area contributed by atoms with Gasteiger partial charge in [-0.2, -0.15) is 0 Å². The average Bonchev–Trinajstić information content (AvgIpc) is 1.94. The Bertz CT molecular complexity index is 463. The van der Waals surface area contributed by atoms with Gasteiger partial charge < -0.3 is 4.57 Å². The molecule has 0 bridgehead atoms. The van der Waals surface area contributed by atoms with Crippen LogP contribution in [0.25, 0.3) is 0 Å². The van der Waals surface area contributed by atoms with Crippen LogP contribution in [0.4, 0.5) is 0 Å². The third-order valence-electron chi connectivity index (χ3n) is 1.51. The van der Waals surface area contributed by atoms with Crippen molar-refractivity contribution in [3.63, 3.8) is 0 Å². The van der Waals surface area contributed by atoms with Crippen LogP contribution in [0.5, 0.6) is 0 Å². The molecule has 1 heterocycles. The molecule has 0 aromatic carbocycles. The zero-order chi connectivity index (χ0) is 10.1. The fourth-order valence-electron chi connectivity index (χ4n) is 0.878. The van der Waals surface area contributed by atoms with E-state index in [0.29, 0.717) is 5.56 Å². The summed E-state index contributed by atoms with van der Waals surface area (Å²) in [5.74, 6) is -0.315. The van der Waals surface area contributed by atoms with E-state index in [1.165, 1.54) is 16.8 Å². The fourth-order valence-corrected chi connectivity index (χ4v) is 1.83. The summed E-state index contributed by atoms with van der Waals surface area (Å²) in [4.78, 5) is 11.1. The topological polar surface area (TPSA) is 56.1 Å². The first-order chi connectivity index (χ1) is 5.88. The average molecular weight is 222 g/mol. The summed E-state index contributed by atoms with van der Waals surface area (Å²) >= 11 is 0. The normalized spacial score (nSPS) is 11.5. The Labute approximate surface area is 80.2 Å². The molecule has 6 heteroatoms. The van der Waals surface area contributed by atoms with Crippen molar-refractivity contribution in [1.82, 2.24) is 4.57 Å². The largest absolute Gasteiger partial charge is 0.319 e. The number of hydrogen-bond acceptors (Lipinski definition) is 3. The maximum Gasteiger partial charge on any atom is 0.250 e. The molecule has 0 saturated carbocycles. The van der Waals surface area contributed by atoms with Crippen molar-refractivity contribution in [3.05, 3.63) is 34.2 Å². The third-order valence-corrected chi connectivity index (χ3v) is 2.51. The molecule has 13 heavy (non-hydrogen) atoms.